The quantitative estimate of drug-likeness (QED) is 0.630. The molecule has 5 heteroatoms. The Hall–Kier alpha value is -1.75. The number of amidine groups is 1. The fourth-order valence-corrected chi connectivity index (χ4v) is 1.67. The van der Waals surface area contributed by atoms with Crippen LogP contribution in [0.4, 0.5) is 0 Å². The van der Waals surface area contributed by atoms with Gasteiger partial charge in [0.25, 0.3) is 0 Å². The third-order valence-electron chi connectivity index (χ3n) is 1.95. The molecule has 0 aliphatic carbocycles. The Morgan fingerprint density at radius 1 is 1.38 bits per heavy atom. The Balaban J connectivity index is 2.11. The van der Waals surface area contributed by atoms with Crippen LogP contribution in [0.25, 0.3) is 11.5 Å². The molecule has 1 heterocycles. The molecule has 0 spiro atoms. The zero-order valence-electron chi connectivity index (χ0n) is 8.51. The molecule has 0 aliphatic rings. The number of nitrogens with zero attached hydrogens (tertiary/aromatic N) is 1. The van der Waals surface area contributed by atoms with Gasteiger partial charge in [0.1, 0.15) is 6.26 Å². The number of rotatable bonds is 3. The smallest absolute Gasteiger partial charge is 0.226 e. The summed E-state index contributed by atoms with van der Waals surface area (Å²) in [4.78, 5) is 4.31. The summed E-state index contributed by atoms with van der Waals surface area (Å²) < 4.78 is 5.35. The largest absolute Gasteiger partial charge is 0.444 e. The van der Waals surface area contributed by atoms with Crippen LogP contribution in [0.2, 0.25) is 0 Å². The number of nitrogens with two attached hydrogens (primary N) is 1. The fourth-order valence-electron chi connectivity index (χ4n) is 1.24. The highest BCUT2D eigenvalue weighted by Gasteiger charge is 2.06. The van der Waals surface area contributed by atoms with E-state index < -0.39 is 0 Å². The number of hydrogen-bond donors (Lipinski definition) is 2. The summed E-state index contributed by atoms with van der Waals surface area (Å²) in [6.07, 6.45) is 1.60. The van der Waals surface area contributed by atoms with E-state index in [0.717, 1.165) is 11.3 Å². The van der Waals surface area contributed by atoms with Gasteiger partial charge in [0, 0.05) is 11.3 Å². The molecule has 0 saturated carbocycles. The second-order valence-electron chi connectivity index (χ2n) is 3.16. The summed E-state index contributed by atoms with van der Waals surface area (Å²) in [5.74, 6) is 1.16. The van der Waals surface area contributed by atoms with Gasteiger partial charge in [-0.1, -0.05) is 30.0 Å². The Labute approximate surface area is 97.4 Å². The van der Waals surface area contributed by atoms with Crippen molar-refractivity contribution >= 4 is 16.9 Å². The number of oxazole rings is 1. The Morgan fingerprint density at radius 2 is 2.12 bits per heavy atom. The molecule has 0 atom stereocenters. The SMILES string of the molecule is N=C(N)SCc1coc(-c2ccccc2)n1. The maximum absolute atomic E-state index is 7.10. The second kappa shape index (κ2) is 4.85. The first kappa shape index (κ1) is 10.8. The molecule has 0 radical (unpaired) electrons. The molecular weight excluding hydrogens is 222 g/mol. The first-order valence-corrected chi connectivity index (χ1v) is 5.71. The van der Waals surface area contributed by atoms with E-state index in [2.05, 4.69) is 4.98 Å². The minimum Gasteiger partial charge on any atom is -0.444 e. The van der Waals surface area contributed by atoms with Crippen molar-refractivity contribution in [2.45, 2.75) is 5.75 Å². The van der Waals surface area contributed by atoms with Gasteiger partial charge in [0.2, 0.25) is 5.89 Å². The van der Waals surface area contributed by atoms with E-state index >= 15 is 0 Å². The molecule has 0 amide bonds. The van der Waals surface area contributed by atoms with Crippen molar-refractivity contribution in [3.05, 3.63) is 42.3 Å². The number of thioether (sulfide) groups is 1. The van der Waals surface area contributed by atoms with E-state index in [1.165, 1.54) is 11.8 Å². The maximum Gasteiger partial charge on any atom is 0.226 e. The topological polar surface area (TPSA) is 75.9 Å². The zero-order chi connectivity index (χ0) is 11.4. The molecule has 82 valence electrons. The van der Waals surface area contributed by atoms with Gasteiger partial charge in [-0.05, 0) is 12.1 Å². The van der Waals surface area contributed by atoms with Crippen molar-refractivity contribution in [3.8, 4) is 11.5 Å². The van der Waals surface area contributed by atoms with Crippen molar-refractivity contribution in [2.24, 2.45) is 5.73 Å². The lowest BCUT2D eigenvalue weighted by Gasteiger charge is -1.93. The third kappa shape index (κ3) is 2.64. The predicted molar refractivity (Wildman–Crippen MR) is 65.1 cm³/mol. The van der Waals surface area contributed by atoms with Crippen LogP contribution in [0.1, 0.15) is 5.69 Å². The monoisotopic (exact) mass is 233 g/mol. The van der Waals surface area contributed by atoms with Crippen molar-refractivity contribution < 1.29 is 4.42 Å². The van der Waals surface area contributed by atoms with E-state index in [9.17, 15) is 0 Å². The van der Waals surface area contributed by atoms with E-state index in [0.29, 0.717) is 11.6 Å². The lowest BCUT2D eigenvalue weighted by atomic mass is 10.2. The maximum atomic E-state index is 7.10. The van der Waals surface area contributed by atoms with Crippen LogP contribution < -0.4 is 5.73 Å². The molecule has 0 bridgehead atoms. The first-order valence-electron chi connectivity index (χ1n) is 4.72. The van der Waals surface area contributed by atoms with Crippen LogP contribution in [0.15, 0.2) is 41.0 Å². The Morgan fingerprint density at radius 3 is 2.81 bits per heavy atom. The standard InChI is InChI=1S/C11H11N3OS/c12-11(13)16-7-9-6-15-10(14-9)8-4-2-1-3-5-8/h1-6H,7H2,(H3,12,13). The number of benzene rings is 1. The van der Waals surface area contributed by atoms with Crippen LogP contribution in [-0.4, -0.2) is 10.2 Å². The molecular formula is C11H11N3OS. The molecule has 1 aromatic heterocycles. The summed E-state index contributed by atoms with van der Waals surface area (Å²) in [6.45, 7) is 0. The summed E-state index contributed by atoms with van der Waals surface area (Å²) in [5, 5.41) is 7.18. The summed E-state index contributed by atoms with van der Waals surface area (Å²) in [5.41, 5.74) is 6.98. The number of aromatic nitrogens is 1. The van der Waals surface area contributed by atoms with Gasteiger partial charge in [-0.15, -0.1) is 0 Å². The molecule has 0 fully saturated rings. The normalized spacial score (nSPS) is 10.2. The second-order valence-corrected chi connectivity index (χ2v) is 4.18. The van der Waals surface area contributed by atoms with Crippen LogP contribution >= 0.6 is 11.8 Å². The van der Waals surface area contributed by atoms with Crippen molar-refractivity contribution in [3.63, 3.8) is 0 Å². The van der Waals surface area contributed by atoms with Gasteiger partial charge in [-0.3, -0.25) is 5.41 Å². The van der Waals surface area contributed by atoms with Crippen molar-refractivity contribution in [1.29, 1.82) is 5.41 Å². The highest BCUT2D eigenvalue weighted by molar-refractivity contribution is 8.13. The molecule has 16 heavy (non-hydrogen) atoms. The van der Waals surface area contributed by atoms with Gasteiger partial charge in [0.15, 0.2) is 5.17 Å². The van der Waals surface area contributed by atoms with Gasteiger partial charge in [-0.25, -0.2) is 4.98 Å². The van der Waals surface area contributed by atoms with Crippen LogP contribution in [0.3, 0.4) is 0 Å². The zero-order valence-corrected chi connectivity index (χ0v) is 9.33. The van der Waals surface area contributed by atoms with Crippen LogP contribution in [0.5, 0.6) is 0 Å². The fraction of sp³-hybridized carbons (Fsp3) is 0.0909. The lowest BCUT2D eigenvalue weighted by Crippen LogP contribution is -2.03. The van der Waals surface area contributed by atoms with Gasteiger partial charge in [-0.2, -0.15) is 0 Å². The van der Waals surface area contributed by atoms with Crippen molar-refractivity contribution in [2.75, 3.05) is 0 Å². The Bertz CT molecular complexity index is 481. The molecule has 2 aromatic rings. The molecule has 0 unspecified atom stereocenters. The summed E-state index contributed by atoms with van der Waals surface area (Å²) >= 11 is 1.23. The molecule has 4 nitrogen and oxygen atoms in total. The summed E-state index contributed by atoms with van der Waals surface area (Å²) in [7, 11) is 0. The van der Waals surface area contributed by atoms with Crippen LogP contribution in [-0.2, 0) is 5.75 Å². The Kier molecular flexibility index (Phi) is 3.26. The molecule has 1 aromatic carbocycles. The van der Waals surface area contributed by atoms with Gasteiger partial charge >= 0.3 is 0 Å². The van der Waals surface area contributed by atoms with Gasteiger partial charge < -0.3 is 10.2 Å². The highest BCUT2D eigenvalue weighted by Crippen LogP contribution is 2.19. The highest BCUT2D eigenvalue weighted by atomic mass is 32.2. The van der Waals surface area contributed by atoms with Gasteiger partial charge in [0.05, 0.1) is 5.69 Å². The minimum absolute atomic E-state index is 0.0873. The van der Waals surface area contributed by atoms with Crippen molar-refractivity contribution in [1.82, 2.24) is 4.98 Å². The molecule has 0 saturated heterocycles. The average molecular weight is 233 g/mol. The molecule has 2 rings (SSSR count). The first-order chi connectivity index (χ1) is 7.75. The van der Waals surface area contributed by atoms with Crippen LogP contribution in [0, 0.1) is 5.41 Å². The summed E-state index contributed by atoms with van der Waals surface area (Å²) in [6, 6.07) is 9.69. The van der Waals surface area contributed by atoms with E-state index in [4.69, 9.17) is 15.6 Å². The molecule has 3 N–H and O–H groups in total. The number of hydrogen-bond acceptors (Lipinski definition) is 4. The van der Waals surface area contributed by atoms with E-state index in [1.807, 2.05) is 30.3 Å². The molecule has 0 aliphatic heterocycles. The third-order valence-corrected chi connectivity index (χ3v) is 2.70. The predicted octanol–water partition coefficient (Wildman–Crippen LogP) is 2.47. The minimum atomic E-state index is 0.0873. The average Bonchev–Trinajstić information content (AvgIpc) is 2.76. The number of nitrogens with one attached hydrogen (secondary N) is 1. The van der Waals surface area contributed by atoms with E-state index in [-0.39, 0.29) is 5.17 Å². The lowest BCUT2D eigenvalue weighted by molar-refractivity contribution is 0.573. The van der Waals surface area contributed by atoms with E-state index in [1.54, 1.807) is 6.26 Å².